The van der Waals surface area contributed by atoms with Crippen molar-refractivity contribution in [3.63, 3.8) is 0 Å². The summed E-state index contributed by atoms with van der Waals surface area (Å²) in [6.45, 7) is 6.04. The molecule has 0 bridgehead atoms. The zero-order valence-electron chi connectivity index (χ0n) is 14.0. The minimum Gasteiger partial charge on any atom is -0.465 e. The Morgan fingerprint density at radius 1 is 1.12 bits per heavy atom. The summed E-state index contributed by atoms with van der Waals surface area (Å²) in [5.74, 6) is 0.296. The van der Waals surface area contributed by atoms with Crippen molar-refractivity contribution in [3.8, 4) is 11.5 Å². The maximum atomic E-state index is 11.6. The van der Waals surface area contributed by atoms with E-state index in [1.165, 1.54) is 25.3 Å². The molecule has 0 saturated carbocycles. The number of carbonyl (C=O) groups is 1. The lowest BCUT2D eigenvalue weighted by Crippen LogP contribution is -2.03. The first kappa shape index (κ1) is 17.5. The molecule has 6 nitrogen and oxygen atoms in total. The van der Waals surface area contributed by atoms with Crippen LogP contribution in [0.25, 0.3) is 0 Å². The normalized spacial score (nSPS) is 10.5. The number of esters is 1. The molecule has 0 amide bonds. The van der Waals surface area contributed by atoms with Crippen LogP contribution in [0.15, 0.2) is 36.4 Å². The summed E-state index contributed by atoms with van der Waals surface area (Å²) in [7, 11) is 1.25. The van der Waals surface area contributed by atoms with E-state index in [1.807, 2.05) is 19.1 Å². The fraction of sp³-hybridized carbons (Fsp3) is 0.278. The van der Waals surface area contributed by atoms with Gasteiger partial charge in [-0.2, -0.15) is 0 Å². The van der Waals surface area contributed by atoms with Crippen LogP contribution in [0.1, 0.15) is 41.3 Å². The highest BCUT2D eigenvalue weighted by molar-refractivity contribution is 5.90. The van der Waals surface area contributed by atoms with Gasteiger partial charge in [0.2, 0.25) is 5.75 Å². The number of methoxy groups -OCH3 is 1. The molecule has 0 aliphatic rings. The molecule has 2 rings (SSSR count). The lowest BCUT2D eigenvalue weighted by atomic mass is 10.0. The van der Waals surface area contributed by atoms with Gasteiger partial charge >= 0.3 is 11.7 Å². The van der Waals surface area contributed by atoms with Gasteiger partial charge in [-0.05, 0) is 36.1 Å². The van der Waals surface area contributed by atoms with Gasteiger partial charge in [-0.1, -0.05) is 26.0 Å². The molecule has 0 spiro atoms. The molecule has 2 aromatic carbocycles. The van der Waals surface area contributed by atoms with Gasteiger partial charge in [0.15, 0.2) is 0 Å². The number of hydrogen-bond donors (Lipinski definition) is 0. The molecule has 126 valence electrons. The Kier molecular flexibility index (Phi) is 5.18. The Bertz CT molecular complexity index is 783. The van der Waals surface area contributed by atoms with Crippen LogP contribution >= 0.6 is 0 Å². The van der Waals surface area contributed by atoms with E-state index in [-0.39, 0.29) is 17.0 Å². The number of rotatable bonds is 5. The van der Waals surface area contributed by atoms with E-state index in [9.17, 15) is 14.9 Å². The molecule has 0 aromatic heterocycles. The lowest BCUT2D eigenvalue weighted by molar-refractivity contribution is -0.385. The highest BCUT2D eigenvalue weighted by atomic mass is 16.6. The van der Waals surface area contributed by atoms with Crippen LogP contribution in [0.4, 0.5) is 5.69 Å². The fourth-order valence-electron chi connectivity index (χ4n) is 2.26. The molecule has 0 fully saturated rings. The van der Waals surface area contributed by atoms with Crippen molar-refractivity contribution in [1.82, 2.24) is 0 Å². The largest absolute Gasteiger partial charge is 0.465 e. The second-order valence-electron chi connectivity index (χ2n) is 5.71. The van der Waals surface area contributed by atoms with Crippen molar-refractivity contribution >= 4 is 11.7 Å². The monoisotopic (exact) mass is 329 g/mol. The van der Waals surface area contributed by atoms with Gasteiger partial charge in [0.25, 0.3) is 0 Å². The van der Waals surface area contributed by atoms with E-state index >= 15 is 0 Å². The van der Waals surface area contributed by atoms with E-state index in [0.29, 0.717) is 11.7 Å². The SMILES string of the molecule is COC(=O)c1ccc([N+](=O)[O-])c(Oc2ccc(C(C)C)cc2C)c1. The molecule has 0 aliphatic heterocycles. The van der Waals surface area contributed by atoms with E-state index in [4.69, 9.17) is 4.74 Å². The van der Waals surface area contributed by atoms with Crippen LogP contribution in [0.3, 0.4) is 0 Å². The molecule has 0 heterocycles. The zero-order valence-corrected chi connectivity index (χ0v) is 14.0. The van der Waals surface area contributed by atoms with Gasteiger partial charge in [0.05, 0.1) is 17.6 Å². The third kappa shape index (κ3) is 3.71. The van der Waals surface area contributed by atoms with Crippen LogP contribution in [0, 0.1) is 17.0 Å². The summed E-state index contributed by atoms with van der Waals surface area (Å²) in [6, 6.07) is 9.57. The van der Waals surface area contributed by atoms with Gasteiger partial charge in [-0.15, -0.1) is 0 Å². The molecule has 2 aromatic rings. The standard InChI is InChI=1S/C18H19NO5/c1-11(2)13-6-8-16(12(3)9-13)24-17-10-14(18(20)23-4)5-7-15(17)19(21)22/h5-11H,1-4H3. The molecule has 0 N–H and O–H groups in total. The minimum absolute atomic E-state index is 0.00305. The molecular formula is C18H19NO5. The number of nitro benzene ring substituents is 1. The minimum atomic E-state index is -0.582. The molecule has 0 radical (unpaired) electrons. The lowest BCUT2D eigenvalue weighted by Gasteiger charge is -2.12. The van der Waals surface area contributed by atoms with Crippen LogP contribution in [-0.2, 0) is 4.74 Å². The number of benzene rings is 2. The Hall–Kier alpha value is -2.89. The first-order valence-electron chi connectivity index (χ1n) is 7.48. The smallest absolute Gasteiger partial charge is 0.337 e. The Morgan fingerprint density at radius 2 is 1.83 bits per heavy atom. The number of aryl methyl sites for hydroxylation is 1. The summed E-state index contributed by atoms with van der Waals surface area (Å²) < 4.78 is 10.4. The van der Waals surface area contributed by atoms with Crippen molar-refractivity contribution in [3.05, 3.63) is 63.2 Å². The predicted molar refractivity (Wildman–Crippen MR) is 89.8 cm³/mol. The quantitative estimate of drug-likeness (QED) is 0.455. The third-order valence-corrected chi connectivity index (χ3v) is 3.66. The number of nitro groups is 1. The van der Waals surface area contributed by atoms with Crippen molar-refractivity contribution in [1.29, 1.82) is 0 Å². The second-order valence-corrected chi connectivity index (χ2v) is 5.71. The highest BCUT2D eigenvalue weighted by Crippen LogP contribution is 2.34. The maximum Gasteiger partial charge on any atom is 0.337 e. The molecule has 0 unspecified atom stereocenters. The first-order chi connectivity index (χ1) is 11.3. The number of hydrogen-bond acceptors (Lipinski definition) is 5. The number of ether oxygens (including phenoxy) is 2. The van der Waals surface area contributed by atoms with Crippen LogP contribution in [-0.4, -0.2) is 18.0 Å². The molecule has 6 heteroatoms. The molecule has 24 heavy (non-hydrogen) atoms. The van der Waals surface area contributed by atoms with Gasteiger partial charge in [0, 0.05) is 12.1 Å². The van der Waals surface area contributed by atoms with Crippen LogP contribution in [0.5, 0.6) is 11.5 Å². The average molecular weight is 329 g/mol. The summed E-state index contributed by atoms with van der Waals surface area (Å²) in [5, 5.41) is 11.2. The zero-order chi connectivity index (χ0) is 17.9. The molecule has 0 atom stereocenters. The summed E-state index contributed by atoms with van der Waals surface area (Å²) in [4.78, 5) is 22.3. The number of nitrogens with zero attached hydrogens (tertiary/aromatic N) is 1. The number of carbonyl (C=O) groups excluding carboxylic acids is 1. The van der Waals surface area contributed by atoms with Crippen molar-refractivity contribution < 1.29 is 19.2 Å². The van der Waals surface area contributed by atoms with E-state index in [1.54, 1.807) is 6.07 Å². The Labute approximate surface area is 140 Å². The van der Waals surface area contributed by atoms with Crippen LogP contribution in [0.2, 0.25) is 0 Å². The van der Waals surface area contributed by atoms with Gasteiger partial charge in [0.1, 0.15) is 5.75 Å². The fourth-order valence-corrected chi connectivity index (χ4v) is 2.26. The third-order valence-electron chi connectivity index (χ3n) is 3.66. The summed E-state index contributed by atoms with van der Waals surface area (Å²) in [5.41, 5.74) is 1.99. The average Bonchev–Trinajstić information content (AvgIpc) is 2.55. The van der Waals surface area contributed by atoms with Gasteiger partial charge < -0.3 is 9.47 Å². The Morgan fingerprint density at radius 3 is 2.38 bits per heavy atom. The van der Waals surface area contributed by atoms with Gasteiger partial charge in [-0.25, -0.2) is 4.79 Å². The van der Waals surface area contributed by atoms with Gasteiger partial charge in [-0.3, -0.25) is 10.1 Å². The molecule has 0 aliphatic carbocycles. The molecular weight excluding hydrogens is 310 g/mol. The highest BCUT2D eigenvalue weighted by Gasteiger charge is 2.20. The topological polar surface area (TPSA) is 78.7 Å². The first-order valence-corrected chi connectivity index (χ1v) is 7.48. The maximum absolute atomic E-state index is 11.6. The van der Waals surface area contributed by atoms with E-state index in [2.05, 4.69) is 18.6 Å². The van der Waals surface area contributed by atoms with Crippen molar-refractivity contribution in [2.45, 2.75) is 26.7 Å². The predicted octanol–water partition coefficient (Wildman–Crippen LogP) is 4.61. The summed E-state index contributed by atoms with van der Waals surface area (Å²) in [6.07, 6.45) is 0. The molecule has 0 saturated heterocycles. The Balaban J connectivity index is 2.44. The van der Waals surface area contributed by atoms with Crippen molar-refractivity contribution in [2.24, 2.45) is 0 Å². The van der Waals surface area contributed by atoms with E-state index < -0.39 is 10.9 Å². The summed E-state index contributed by atoms with van der Waals surface area (Å²) >= 11 is 0. The van der Waals surface area contributed by atoms with Crippen molar-refractivity contribution in [2.75, 3.05) is 7.11 Å². The second kappa shape index (κ2) is 7.12. The van der Waals surface area contributed by atoms with E-state index in [0.717, 1.165) is 11.1 Å². The van der Waals surface area contributed by atoms with Crippen LogP contribution < -0.4 is 4.74 Å².